The van der Waals surface area contributed by atoms with Gasteiger partial charge in [-0.05, 0) is 37.5 Å². The van der Waals surface area contributed by atoms with Crippen molar-refractivity contribution in [2.45, 2.75) is 33.1 Å². The van der Waals surface area contributed by atoms with Crippen molar-refractivity contribution >= 4 is 0 Å². The average Bonchev–Trinajstić information content (AvgIpc) is 2.05. The van der Waals surface area contributed by atoms with E-state index in [0.717, 1.165) is 11.8 Å². The lowest BCUT2D eigenvalue weighted by molar-refractivity contribution is 0.348. The van der Waals surface area contributed by atoms with Gasteiger partial charge in [0.05, 0.1) is 0 Å². The minimum atomic E-state index is 0. The first kappa shape index (κ1) is 8.58. The molecule has 0 aliphatic heterocycles. The summed E-state index contributed by atoms with van der Waals surface area (Å²) in [5.74, 6) is 1.87. The van der Waals surface area contributed by atoms with Crippen LogP contribution in [0.3, 0.4) is 0 Å². The topological polar surface area (TPSA) is 0 Å². The summed E-state index contributed by atoms with van der Waals surface area (Å²) in [6, 6.07) is 0. The van der Waals surface area contributed by atoms with Gasteiger partial charge < -0.3 is 0 Å². The third kappa shape index (κ3) is 1.74. The maximum atomic E-state index is 2.41. The van der Waals surface area contributed by atoms with Crippen LogP contribution in [0.15, 0.2) is 24.3 Å². The number of rotatable bonds is 0. The fraction of sp³-hybridized carbons (Fsp3) is 0.636. The molecule has 0 bridgehead atoms. The molecule has 0 radical (unpaired) electrons. The molecule has 0 amide bonds. The first-order valence-electron chi connectivity index (χ1n) is 4.28. The maximum absolute atomic E-state index is 2.41. The molecule has 0 aromatic heterocycles. The largest absolute Gasteiger partial charge is 0.0882 e. The van der Waals surface area contributed by atoms with Gasteiger partial charge in [0, 0.05) is 0 Å². The lowest BCUT2D eigenvalue weighted by atomic mass is 9.77. The number of fused-ring (bicyclic) bond motifs is 1. The Morgan fingerprint density at radius 2 is 1.82 bits per heavy atom. The van der Waals surface area contributed by atoms with Crippen molar-refractivity contribution in [3.63, 3.8) is 0 Å². The van der Waals surface area contributed by atoms with Gasteiger partial charge >= 0.3 is 0 Å². The predicted molar refractivity (Wildman–Crippen MR) is 50.5 cm³/mol. The average molecular weight is 150 g/mol. The van der Waals surface area contributed by atoms with E-state index in [1.54, 1.807) is 0 Å². The van der Waals surface area contributed by atoms with Gasteiger partial charge in [-0.25, -0.2) is 0 Å². The van der Waals surface area contributed by atoms with Gasteiger partial charge in [-0.15, -0.1) is 0 Å². The second-order valence-electron chi connectivity index (χ2n) is 3.37. The van der Waals surface area contributed by atoms with E-state index in [-0.39, 0.29) is 7.43 Å². The standard InChI is InChI=1S/C10H14.CH4/c1-2-6-10-8-4-3-7-9(10)5-1;/h1-3,7,9-10H,4-6,8H2;1H4. The predicted octanol–water partition coefficient (Wildman–Crippen LogP) is 3.55. The van der Waals surface area contributed by atoms with Crippen molar-refractivity contribution in [2.24, 2.45) is 11.8 Å². The molecule has 0 N–H and O–H groups in total. The molecule has 0 spiro atoms. The molecule has 2 rings (SSSR count). The fourth-order valence-electron chi connectivity index (χ4n) is 2.04. The Morgan fingerprint density at radius 3 is 2.64 bits per heavy atom. The van der Waals surface area contributed by atoms with Gasteiger partial charge in [0.25, 0.3) is 0 Å². The molecule has 2 aliphatic carbocycles. The molecule has 62 valence electrons. The van der Waals surface area contributed by atoms with E-state index in [9.17, 15) is 0 Å². The zero-order chi connectivity index (χ0) is 6.81. The van der Waals surface area contributed by atoms with Crippen LogP contribution in [0.2, 0.25) is 0 Å². The molecule has 0 aromatic carbocycles. The summed E-state index contributed by atoms with van der Waals surface area (Å²) < 4.78 is 0. The Balaban J connectivity index is 0.000000605. The first-order chi connectivity index (χ1) is 4.97. The molecular weight excluding hydrogens is 132 g/mol. The summed E-state index contributed by atoms with van der Waals surface area (Å²) in [6.45, 7) is 0. The van der Waals surface area contributed by atoms with Crippen LogP contribution < -0.4 is 0 Å². The van der Waals surface area contributed by atoms with Gasteiger partial charge in [-0.2, -0.15) is 0 Å². The molecular formula is C11H18. The third-order valence-corrected chi connectivity index (χ3v) is 2.71. The van der Waals surface area contributed by atoms with E-state index in [0.29, 0.717) is 0 Å². The smallest absolute Gasteiger partial charge is 0.0167 e. The molecule has 2 unspecified atom stereocenters. The van der Waals surface area contributed by atoms with Crippen molar-refractivity contribution in [3.8, 4) is 0 Å². The van der Waals surface area contributed by atoms with Crippen LogP contribution in [-0.4, -0.2) is 0 Å². The van der Waals surface area contributed by atoms with Gasteiger partial charge in [0.1, 0.15) is 0 Å². The van der Waals surface area contributed by atoms with E-state index in [4.69, 9.17) is 0 Å². The zero-order valence-corrected chi connectivity index (χ0v) is 6.29. The van der Waals surface area contributed by atoms with Gasteiger partial charge in [-0.3, -0.25) is 0 Å². The Bertz CT molecular complexity index is 165. The monoisotopic (exact) mass is 150 g/mol. The highest BCUT2D eigenvalue weighted by molar-refractivity contribution is 5.05. The van der Waals surface area contributed by atoms with Crippen molar-refractivity contribution in [1.82, 2.24) is 0 Å². The molecule has 11 heavy (non-hydrogen) atoms. The Hall–Kier alpha value is -0.520. The second-order valence-corrected chi connectivity index (χ2v) is 3.37. The Morgan fingerprint density at radius 1 is 1.00 bits per heavy atom. The summed E-state index contributed by atoms with van der Waals surface area (Å²) in [7, 11) is 0. The van der Waals surface area contributed by atoms with E-state index in [1.165, 1.54) is 25.7 Å². The van der Waals surface area contributed by atoms with E-state index >= 15 is 0 Å². The second kappa shape index (κ2) is 3.75. The van der Waals surface area contributed by atoms with Crippen LogP contribution in [0.5, 0.6) is 0 Å². The highest BCUT2D eigenvalue weighted by Gasteiger charge is 2.21. The highest BCUT2D eigenvalue weighted by Crippen LogP contribution is 2.33. The van der Waals surface area contributed by atoms with Gasteiger partial charge in [-0.1, -0.05) is 31.7 Å². The zero-order valence-electron chi connectivity index (χ0n) is 6.29. The van der Waals surface area contributed by atoms with Gasteiger partial charge in [0.2, 0.25) is 0 Å². The van der Waals surface area contributed by atoms with Crippen LogP contribution in [0.4, 0.5) is 0 Å². The summed E-state index contributed by atoms with van der Waals surface area (Å²) in [5.41, 5.74) is 0. The normalized spacial score (nSPS) is 34.2. The Labute approximate surface area is 70.0 Å². The Kier molecular flexibility index (Phi) is 2.92. The quantitative estimate of drug-likeness (QED) is 0.463. The minimum absolute atomic E-state index is 0. The highest BCUT2D eigenvalue weighted by atomic mass is 14.3. The molecule has 0 saturated carbocycles. The summed E-state index contributed by atoms with van der Waals surface area (Å²) in [4.78, 5) is 0. The molecule has 0 heterocycles. The summed E-state index contributed by atoms with van der Waals surface area (Å²) in [6.07, 6.45) is 14.8. The fourth-order valence-corrected chi connectivity index (χ4v) is 2.04. The minimum Gasteiger partial charge on any atom is -0.0882 e. The van der Waals surface area contributed by atoms with Crippen molar-refractivity contribution in [2.75, 3.05) is 0 Å². The van der Waals surface area contributed by atoms with Gasteiger partial charge in [0.15, 0.2) is 0 Å². The van der Waals surface area contributed by atoms with Crippen LogP contribution in [-0.2, 0) is 0 Å². The maximum Gasteiger partial charge on any atom is -0.0167 e. The SMILES string of the molecule is C.C1=CC2CC=CCC2CC1. The summed E-state index contributed by atoms with van der Waals surface area (Å²) >= 11 is 0. The molecule has 0 nitrogen and oxygen atoms in total. The molecule has 0 aromatic rings. The van der Waals surface area contributed by atoms with Crippen molar-refractivity contribution < 1.29 is 0 Å². The third-order valence-electron chi connectivity index (χ3n) is 2.71. The number of hydrogen-bond acceptors (Lipinski definition) is 0. The van der Waals surface area contributed by atoms with Crippen LogP contribution in [0, 0.1) is 11.8 Å². The molecule has 2 aliphatic rings. The van der Waals surface area contributed by atoms with E-state index in [1.807, 2.05) is 0 Å². The van der Waals surface area contributed by atoms with E-state index < -0.39 is 0 Å². The van der Waals surface area contributed by atoms with Crippen molar-refractivity contribution in [1.29, 1.82) is 0 Å². The number of hydrogen-bond donors (Lipinski definition) is 0. The lowest BCUT2D eigenvalue weighted by Gasteiger charge is -2.28. The van der Waals surface area contributed by atoms with Crippen molar-refractivity contribution in [3.05, 3.63) is 24.3 Å². The molecule has 0 heteroatoms. The molecule has 0 saturated heterocycles. The summed E-state index contributed by atoms with van der Waals surface area (Å²) in [5, 5.41) is 0. The van der Waals surface area contributed by atoms with Crippen LogP contribution in [0.1, 0.15) is 33.1 Å². The molecule has 2 atom stereocenters. The number of allylic oxidation sites excluding steroid dienone is 4. The van der Waals surface area contributed by atoms with Crippen LogP contribution in [0.25, 0.3) is 0 Å². The van der Waals surface area contributed by atoms with E-state index in [2.05, 4.69) is 24.3 Å². The molecule has 0 fully saturated rings. The lowest BCUT2D eigenvalue weighted by Crippen LogP contribution is -2.16. The van der Waals surface area contributed by atoms with Crippen LogP contribution >= 0.6 is 0 Å². The first-order valence-corrected chi connectivity index (χ1v) is 4.28.